The third-order valence-electron chi connectivity index (χ3n) is 5.91. The summed E-state index contributed by atoms with van der Waals surface area (Å²) in [7, 11) is 1.62. The quantitative estimate of drug-likeness (QED) is 0.356. The van der Waals surface area contributed by atoms with Crippen LogP contribution in [0.2, 0.25) is 0 Å². The van der Waals surface area contributed by atoms with E-state index in [4.69, 9.17) is 15.2 Å². The van der Waals surface area contributed by atoms with E-state index >= 15 is 0 Å². The lowest BCUT2D eigenvalue weighted by atomic mass is 9.85. The Kier molecular flexibility index (Phi) is 9.73. The normalized spacial score (nSPS) is 24.9. The minimum absolute atomic E-state index is 0.0500. The third-order valence-corrected chi connectivity index (χ3v) is 5.91. The SMILES string of the molecule is CCC1C(OC(C)=NC(C)C=C(C)OC)CN(C(=O)C(N)C(C)(C)C)C1C(=O)C(C)C. The van der Waals surface area contributed by atoms with Crippen molar-refractivity contribution in [3.63, 3.8) is 0 Å². The van der Waals surface area contributed by atoms with Crippen LogP contribution in [0, 0.1) is 17.3 Å². The molecule has 1 aliphatic rings. The van der Waals surface area contributed by atoms with E-state index in [1.54, 1.807) is 12.0 Å². The molecule has 2 N–H and O–H groups in total. The van der Waals surface area contributed by atoms with Crippen LogP contribution in [-0.2, 0) is 19.1 Å². The molecular weight excluding hydrogens is 394 g/mol. The number of nitrogens with two attached hydrogens (primary N) is 1. The van der Waals surface area contributed by atoms with Gasteiger partial charge in [0.2, 0.25) is 5.91 Å². The number of hydrogen-bond donors (Lipinski definition) is 1. The van der Waals surface area contributed by atoms with Crippen LogP contribution in [0.15, 0.2) is 16.8 Å². The van der Waals surface area contributed by atoms with Crippen molar-refractivity contribution in [2.24, 2.45) is 28.0 Å². The number of rotatable bonds is 8. The number of nitrogens with zero attached hydrogens (tertiary/aromatic N) is 2. The molecule has 1 amide bonds. The zero-order valence-electron chi connectivity index (χ0n) is 21.1. The molecule has 1 saturated heterocycles. The number of ether oxygens (including phenoxy) is 2. The molecule has 0 aromatic heterocycles. The molecule has 0 aliphatic carbocycles. The summed E-state index contributed by atoms with van der Waals surface area (Å²) in [4.78, 5) is 32.6. The average molecular weight is 438 g/mol. The lowest BCUT2D eigenvalue weighted by molar-refractivity contribution is -0.142. The number of likely N-dealkylation sites (tertiary alicyclic amines) is 1. The fraction of sp³-hybridized carbons (Fsp3) is 0.792. The summed E-state index contributed by atoms with van der Waals surface area (Å²) in [6, 6.07) is -1.33. The molecule has 7 heteroatoms. The number of Topliss-reactive ketones (excluding diaryl/α,β-unsaturated/α-hetero) is 1. The van der Waals surface area contributed by atoms with Crippen molar-refractivity contribution in [3.8, 4) is 0 Å². The van der Waals surface area contributed by atoms with Gasteiger partial charge in [-0.2, -0.15) is 0 Å². The first kappa shape index (κ1) is 27.1. The van der Waals surface area contributed by atoms with Crippen LogP contribution in [0.25, 0.3) is 0 Å². The zero-order chi connectivity index (χ0) is 24.1. The van der Waals surface area contributed by atoms with Crippen LogP contribution in [-0.4, -0.2) is 60.4 Å². The fourth-order valence-corrected chi connectivity index (χ4v) is 3.95. The van der Waals surface area contributed by atoms with Gasteiger partial charge in [-0.05, 0) is 31.8 Å². The number of carbonyl (C=O) groups is 2. The molecule has 0 bridgehead atoms. The van der Waals surface area contributed by atoms with E-state index in [2.05, 4.69) is 4.99 Å². The molecule has 1 heterocycles. The summed E-state index contributed by atoms with van der Waals surface area (Å²) < 4.78 is 11.4. The first-order valence-corrected chi connectivity index (χ1v) is 11.3. The first-order chi connectivity index (χ1) is 14.2. The van der Waals surface area contributed by atoms with Crippen LogP contribution < -0.4 is 5.73 Å². The maximum atomic E-state index is 13.3. The number of ketones is 1. The Hall–Kier alpha value is -1.89. The standard InChI is InChI=1S/C24H43N3O4/c1-11-18-19(31-17(6)26-15(4)12-16(5)30-10)13-27(20(18)21(28)14(2)3)23(29)22(25)24(7,8)9/h12,14-15,18-20,22H,11,13,25H2,1-10H3. The molecular formula is C24H43N3O4. The van der Waals surface area contributed by atoms with Crippen molar-refractivity contribution >= 4 is 17.6 Å². The second-order valence-corrected chi connectivity index (χ2v) is 9.93. The highest BCUT2D eigenvalue weighted by molar-refractivity contribution is 5.93. The Labute approximate surface area is 188 Å². The number of hydrogen-bond acceptors (Lipinski definition) is 6. The third kappa shape index (κ3) is 7.06. The Bertz CT molecular complexity index is 693. The molecule has 0 radical (unpaired) electrons. The van der Waals surface area contributed by atoms with Gasteiger partial charge in [0.1, 0.15) is 6.10 Å². The van der Waals surface area contributed by atoms with E-state index in [1.165, 1.54) is 0 Å². The van der Waals surface area contributed by atoms with Gasteiger partial charge in [-0.1, -0.05) is 41.5 Å². The number of aliphatic imine (C=N–C) groups is 1. The minimum Gasteiger partial charge on any atom is -0.502 e. The second-order valence-electron chi connectivity index (χ2n) is 9.93. The Morgan fingerprint density at radius 2 is 1.81 bits per heavy atom. The zero-order valence-corrected chi connectivity index (χ0v) is 21.1. The molecule has 7 nitrogen and oxygen atoms in total. The summed E-state index contributed by atoms with van der Waals surface area (Å²) in [6.45, 7) is 17.5. The van der Waals surface area contributed by atoms with Crippen LogP contribution in [0.1, 0.15) is 68.7 Å². The predicted octanol–water partition coefficient (Wildman–Crippen LogP) is 3.56. The van der Waals surface area contributed by atoms with E-state index in [0.717, 1.165) is 5.76 Å². The maximum absolute atomic E-state index is 13.3. The lowest BCUT2D eigenvalue weighted by Crippen LogP contribution is -2.54. The monoisotopic (exact) mass is 437 g/mol. The van der Waals surface area contributed by atoms with E-state index in [1.807, 2.05) is 68.4 Å². The molecule has 0 aromatic rings. The predicted molar refractivity (Wildman–Crippen MR) is 125 cm³/mol. The number of allylic oxidation sites excluding steroid dienone is 1. The molecule has 0 spiro atoms. The Morgan fingerprint density at radius 1 is 1.23 bits per heavy atom. The maximum Gasteiger partial charge on any atom is 0.240 e. The molecule has 1 aliphatic heterocycles. The van der Waals surface area contributed by atoms with Crippen molar-refractivity contribution in [2.75, 3.05) is 13.7 Å². The van der Waals surface area contributed by atoms with Gasteiger partial charge in [0.05, 0.1) is 37.5 Å². The summed E-state index contributed by atoms with van der Waals surface area (Å²) in [6.07, 6.45) is 2.31. The molecule has 31 heavy (non-hydrogen) atoms. The van der Waals surface area contributed by atoms with Crippen LogP contribution in [0.3, 0.4) is 0 Å². The molecule has 1 rings (SSSR count). The Morgan fingerprint density at radius 3 is 2.26 bits per heavy atom. The fourth-order valence-electron chi connectivity index (χ4n) is 3.95. The van der Waals surface area contributed by atoms with E-state index in [0.29, 0.717) is 18.9 Å². The first-order valence-electron chi connectivity index (χ1n) is 11.3. The minimum atomic E-state index is -0.692. The smallest absolute Gasteiger partial charge is 0.240 e. The second kappa shape index (κ2) is 11.1. The summed E-state index contributed by atoms with van der Waals surface area (Å²) in [5.74, 6) is 0.874. The summed E-state index contributed by atoms with van der Waals surface area (Å²) in [5.41, 5.74) is 5.88. The van der Waals surface area contributed by atoms with Crippen molar-refractivity contribution < 1.29 is 19.1 Å². The van der Waals surface area contributed by atoms with Gasteiger partial charge in [-0.3, -0.25) is 9.59 Å². The average Bonchev–Trinajstić information content (AvgIpc) is 3.02. The van der Waals surface area contributed by atoms with Gasteiger partial charge >= 0.3 is 0 Å². The molecule has 1 fully saturated rings. The lowest BCUT2D eigenvalue weighted by Gasteiger charge is -2.34. The molecule has 5 atom stereocenters. The number of methoxy groups -OCH3 is 1. The van der Waals surface area contributed by atoms with Gasteiger partial charge in [-0.25, -0.2) is 4.99 Å². The Balaban J connectivity index is 3.20. The van der Waals surface area contributed by atoms with Crippen LogP contribution in [0.4, 0.5) is 0 Å². The van der Waals surface area contributed by atoms with Crippen molar-refractivity contribution in [1.82, 2.24) is 4.90 Å². The van der Waals surface area contributed by atoms with Gasteiger partial charge in [0, 0.05) is 18.8 Å². The largest absolute Gasteiger partial charge is 0.502 e. The molecule has 5 unspecified atom stereocenters. The van der Waals surface area contributed by atoms with E-state index in [-0.39, 0.29) is 35.7 Å². The highest BCUT2D eigenvalue weighted by Gasteiger charge is 2.50. The topological polar surface area (TPSA) is 94.2 Å². The molecule has 0 aromatic carbocycles. The van der Waals surface area contributed by atoms with Crippen LogP contribution >= 0.6 is 0 Å². The van der Waals surface area contributed by atoms with Gasteiger partial charge in [0.25, 0.3) is 0 Å². The van der Waals surface area contributed by atoms with Gasteiger partial charge in [0.15, 0.2) is 11.7 Å². The number of carbonyl (C=O) groups excluding carboxylic acids is 2. The molecule has 0 saturated carbocycles. The van der Waals surface area contributed by atoms with Gasteiger partial charge < -0.3 is 20.1 Å². The van der Waals surface area contributed by atoms with E-state index < -0.39 is 17.5 Å². The highest BCUT2D eigenvalue weighted by atomic mass is 16.5. The van der Waals surface area contributed by atoms with Crippen molar-refractivity contribution in [1.29, 1.82) is 0 Å². The van der Waals surface area contributed by atoms with Crippen molar-refractivity contribution in [3.05, 3.63) is 11.8 Å². The van der Waals surface area contributed by atoms with E-state index in [9.17, 15) is 9.59 Å². The summed E-state index contributed by atoms with van der Waals surface area (Å²) >= 11 is 0. The van der Waals surface area contributed by atoms with Crippen molar-refractivity contribution in [2.45, 2.75) is 93.0 Å². The summed E-state index contributed by atoms with van der Waals surface area (Å²) in [5, 5.41) is 0. The van der Waals surface area contributed by atoms with Crippen LogP contribution in [0.5, 0.6) is 0 Å². The van der Waals surface area contributed by atoms with Gasteiger partial charge in [-0.15, -0.1) is 0 Å². The molecule has 178 valence electrons. The number of amides is 1. The highest BCUT2D eigenvalue weighted by Crippen LogP contribution is 2.34.